The van der Waals surface area contributed by atoms with Crippen LogP contribution < -0.4 is 5.73 Å². The standard InChI is InChI=1S/C14H20Cl2N2/c1-14(2)3-4-18(9-14)13(8-17)10-5-11(15)7-12(16)6-10/h5-7,13H,3-4,8-9,17H2,1-2H3. The summed E-state index contributed by atoms with van der Waals surface area (Å²) in [5, 5.41) is 1.35. The smallest absolute Gasteiger partial charge is 0.0471 e. The van der Waals surface area contributed by atoms with Crippen molar-refractivity contribution >= 4 is 23.2 Å². The predicted octanol–water partition coefficient (Wildman–Crippen LogP) is 3.73. The molecule has 1 heterocycles. The summed E-state index contributed by atoms with van der Waals surface area (Å²) in [6, 6.07) is 5.91. The molecule has 18 heavy (non-hydrogen) atoms. The quantitative estimate of drug-likeness (QED) is 0.918. The zero-order valence-corrected chi connectivity index (χ0v) is 12.4. The highest BCUT2D eigenvalue weighted by molar-refractivity contribution is 6.34. The molecule has 0 spiro atoms. The Labute approximate surface area is 119 Å². The molecule has 100 valence electrons. The Morgan fingerprint density at radius 1 is 1.28 bits per heavy atom. The summed E-state index contributed by atoms with van der Waals surface area (Å²) in [5.41, 5.74) is 7.43. The van der Waals surface area contributed by atoms with Crippen LogP contribution in [0.15, 0.2) is 18.2 Å². The first-order valence-corrected chi connectivity index (χ1v) is 7.07. The molecule has 4 heteroatoms. The van der Waals surface area contributed by atoms with E-state index in [-0.39, 0.29) is 6.04 Å². The maximum absolute atomic E-state index is 6.07. The zero-order chi connectivity index (χ0) is 13.3. The van der Waals surface area contributed by atoms with Crippen molar-refractivity contribution in [2.24, 2.45) is 11.1 Å². The maximum Gasteiger partial charge on any atom is 0.0471 e. The van der Waals surface area contributed by atoms with Crippen LogP contribution in [0.25, 0.3) is 0 Å². The third-order valence-corrected chi connectivity index (χ3v) is 4.08. The van der Waals surface area contributed by atoms with Gasteiger partial charge in [0.05, 0.1) is 0 Å². The lowest BCUT2D eigenvalue weighted by atomic mass is 9.93. The molecular weight excluding hydrogens is 267 g/mol. The summed E-state index contributed by atoms with van der Waals surface area (Å²) in [5.74, 6) is 0. The van der Waals surface area contributed by atoms with Crippen molar-refractivity contribution in [1.29, 1.82) is 0 Å². The summed E-state index contributed by atoms with van der Waals surface area (Å²) in [4.78, 5) is 2.43. The molecule has 1 aromatic rings. The van der Waals surface area contributed by atoms with Gasteiger partial charge in [0, 0.05) is 29.2 Å². The van der Waals surface area contributed by atoms with E-state index in [0.717, 1.165) is 18.7 Å². The van der Waals surface area contributed by atoms with E-state index >= 15 is 0 Å². The van der Waals surface area contributed by atoms with Gasteiger partial charge < -0.3 is 5.73 Å². The molecule has 1 aliphatic rings. The largest absolute Gasteiger partial charge is 0.329 e. The summed E-state index contributed by atoms with van der Waals surface area (Å²) in [6.07, 6.45) is 1.21. The van der Waals surface area contributed by atoms with E-state index in [2.05, 4.69) is 18.7 Å². The molecule has 0 bridgehead atoms. The number of nitrogens with two attached hydrogens (primary N) is 1. The summed E-state index contributed by atoms with van der Waals surface area (Å²) in [7, 11) is 0. The minimum atomic E-state index is 0.211. The van der Waals surface area contributed by atoms with Crippen molar-refractivity contribution in [3.05, 3.63) is 33.8 Å². The van der Waals surface area contributed by atoms with Gasteiger partial charge in [0.25, 0.3) is 0 Å². The van der Waals surface area contributed by atoms with Crippen molar-refractivity contribution in [3.63, 3.8) is 0 Å². The summed E-state index contributed by atoms with van der Waals surface area (Å²) >= 11 is 12.1. The lowest BCUT2D eigenvalue weighted by molar-refractivity contribution is 0.223. The van der Waals surface area contributed by atoms with Gasteiger partial charge in [-0.05, 0) is 42.1 Å². The minimum absolute atomic E-state index is 0.211. The number of rotatable bonds is 3. The van der Waals surface area contributed by atoms with Crippen molar-refractivity contribution in [3.8, 4) is 0 Å². The molecule has 1 atom stereocenters. The molecule has 2 rings (SSSR count). The number of benzene rings is 1. The lowest BCUT2D eigenvalue weighted by Gasteiger charge is -2.28. The van der Waals surface area contributed by atoms with E-state index in [1.165, 1.54) is 6.42 Å². The first-order valence-electron chi connectivity index (χ1n) is 6.31. The normalized spacial score (nSPS) is 21.2. The second-order valence-corrected chi connectivity index (χ2v) is 6.71. The van der Waals surface area contributed by atoms with E-state index in [4.69, 9.17) is 28.9 Å². The van der Waals surface area contributed by atoms with Crippen LogP contribution in [0, 0.1) is 5.41 Å². The molecule has 0 amide bonds. The Kier molecular flexibility index (Phi) is 4.22. The van der Waals surface area contributed by atoms with Crippen molar-refractivity contribution in [2.75, 3.05) is 19.6 Å². The first kappa shape index (κ1) is 14.1. The van der Waals surface area contributed by atoms with Crippen molar-refractivity contribution < 1.29 is 0 Å². The number of nitrogens with zero attached hydrogens (tertiary/aromatic N) is 1. The van der Waals surface area contributed by atoms with Crippen LogP contribution in [0.2, 0.25) is 10.0 Å². The average molecular weight is 287 g/mol. The van der Waals surface area contributed by atoms with Crippen LogP contribution in [0.5, 0.6) is 0 Å². The molecule has 2 N–H and O–H groups in total. The highest BCUT2D eigenvalue weighted by Crippen LogP contribution is 2.35. The van der Waals surface area contributed by atoms with Crippen LogP contribution in [0.4, 0.5) is 0 Å². The number of halogens is 2. The molecule has 1 unspecified atom stereocenters. The second-order valence-electron chi connectivity index (χ2n) is 5.84. The Bertz CT molecular complexity index is 412. The van der Waals surface area contributed by atoms with Crippen LogP contribution in [0.1, 0.15) is 31.9 Å². The van der Waals surface area contributed by atoms with Gasteiger partial charge >= 0.3 is 0 Å². The van der Waals surface area contributed by atoms with Crippen LogP contribution in [-0.4, -0.2) is 24.5 Å². The maximum atomic E-state index is 6.07. The van der Waals surface area contributed by atoms with E-state index in [9.17, 15) is 0 Å². The van der Waals surface area contributed by atoms with Gasteiger partial charge in [-0.15, -0.1) is 0 Å². The van der Waals surface area contributed by atoms with E-state index in [1.54, 1.807) is 6.07 Å². The highest BCUT2D eigenvalue weighted by Gasteiger charge is 2.33. The Balaban J connectivity index is 2.23. The van der Waals surface area contributed by atoms with Gasteiger partial charge in [-0.2, -0.15) is 0 Å². The van der Waals surface area contributed by atoms with E-state index < -0.39 is 0 Å². The minimum Gasteiger partial charge on any atom is -0.329 e. The fourth-order valence-corrected chi connectivity index (χ4v) is 3.23. The molecule has 1 aliphatic heterocycles. The monoisotopic (exact) mass is 286 g/mol. The fourth-order valence-electron chi connectivity index (χ4n) is 2.68. The van der Waals surface area contributed by atoms with Crippen LogP contribution in [0.3, 0.4) is 0 Å². The van der Waals surface area contributed by atoms with Gasteiger partial charge in [0.1, 0.15) is 0 Å². The Hall–Kier alpha value is -0.280. The van der Waals surface area contributed by atoms with Gasteiger partial charge in [0.15, 0.2) is 0 Å². The van der Waals surface area contributed by atoms with Crippen molar-refractivity contribution in [2.45, 2.75) is 26.3 Å². The topological polar surface area (TPSA) is 29.3 Å². The zero-order valence-electron chi connectivity index (χ0n) is 10.9. The van der Waals surface area contributed by atoms with Crippen LogP contribution >= 0.6 is 23.2 Å². The van der Waals surface area contributed by atoms with E-state index in [1.807, 2.05) is 12.1 Å². The number of hydrogen-bond donors (Lipinski definition) is 1. The van der Waals surface area contributed by atoms with Gasteiger partial charge in [-0.1, -0.05) is 37.0 Å². The van der Waals surface area contributed by atoms with Gasteiger partial charge in [0.2, 0.25) is 0 Å². The van der Waals surface area contributed by atoms with Gasteiger partial charge in [-0.25, -0.2) is 0 Å². The molecule has 1 saturated heterocycles. The Morgan fingerprint density at radius 3 is 2.33 bits per heavy atom. The van der Waals surface area contributed by atoms with Crippen molar-refractivity contribution in [1.82, 2.24) is 4.90 Å². The second kappa shape index (κ2) is 5.38. The number of hydrogen-bond acceptors (Lipinski definition) is 2. The van der Waals surface area contributed by atoms with Gasteiger partial charge in [-0.3, -0.25) is 4.90 Å². The first-order chi connectivity index (χ1) is 8.41. The fraction of sp³-hybridized carbons (Fsp3) is 0.571. The molecule has 0 aromatic heterocycles. The Morgan fingerprint density at radius 2 is 1.89 bits per heavy atom. The molecular formula is C14H20Cl2N2. The molecule has 1 fully saturated rings. The van der Waals surface area contributed by atoms with E-state index in [0.29, 0.717) is 22.0 Å². The molecule has 0 saturated carbocycles. The number of likely N-dealkylation sites (tertiary alicyclic amines) is 1. The third kappa shape index (κ3) is 3.18. The van der Waals surface area contributed by atoms with Crippen LogP contribution in [-0.2, 0) is 0 Å². The average Bonchev–Trinajstić information content (AvgIpc) is 2.58. The molecule has 0 aliphatic carbocycles. The SMILES string of the molecule is CC1(C)CCN(C(CN)c2cc(Cl)cc(Cl)c2)C1. The molecule has 2 nitrogen and oxygen atoms in total. The predicted molar refractivity (Wildman–Crippen MR) is 78.2 cm³/mol. The molecule has 0 radical (unpaired) electrons. The summed E-state index contributed by atoms with van der Waals surface area (Å²) in [6.45, 7) is 7.34. The molecule has 1 aromatic carbocycles. The summed E-state index contributed by atoms with van der Waals surface area (Å²) < 4.78 is 0. The highest BCUT2D eigenvalue weighted by atomic mass is 35.5. The third-order valence-electron chi connectivity index (χ3n) is 3.64. The lowest BCUT2D eigenvalue weighted by Crippen LogP contribution is -2.33.